The summed E-state index contributed by atoms with van der Waals surface area (Å²) in [6.45, 7) is 4.96. The second-order valence-electron chi connectivity index (χ2n) is 4.74. The molecule has 0 bridgehead atoms. The molecule has 1 aromatic carbocycles. The van der Waals surface area contributed by atoms with Crippen molar-refractivity contribution in [3.05, 3.63) is 23.8 Å². The van der Waals surface area contributed by atoms with Gasteiger partial charge in [-0.25, -0.2) is 0 Å². The molecule has 0 spiro atoms. The number of carbonyl (C=O) groups excluding carboxylic acids is 1. The molecule has 1 N–H and O–H groups in total. The average molecular weight is 280 g/mol. The van der Waals surface area contributed by atoms with E-state index in [0.29, 0.717) is 18.1 Å². The highest BCUT2D eigenvalue weighted by molar-refractivity contribution is 5.80. The van der Waals surface area contributed by atoms with E-state index in [1.807, 2.05) is 32.2 Å². The van der Waals surface area contributed by atoms with Crippen LogP contribution in [0.1, 0.15) is 19.4 Å². The summed E-state index contributed by atoms with van der Waals surface area (Å²) in [6.07, 6.45) is -0.542. The third-order valence-corrected chi connectivity index (χ3v) is 2.78. The highest BCUT2D eigenvalue weighted by Gasteiger charge is 2.18. The second-order valence-corrected chi connectivity index (χ2v) is 4.74. The SMILES string of the molecule is CCOc1cc(CNC)ccc1OC(C)C(=O)N(C)C. The van der Waals surface area contributed by atoms with Gasteiger partial charge < -0.3 is 19.7 Å². The molecule has 0 saturated carbocycles. The maximum atomic E-state index is 11.8. The van der Waals surface area contributed by atoms with E-state index in [2.05, 4.69) is 5.32 Å². The number of hydrogen-bond donors (Lipinski definition) is 1. The first-order valence-electron chi connectivity index (χ1n) is 6.77. The lowest BCUT2D eigenvalue weighted by Gasteiger charge is -2.20. The van der Waals surface area contributed by atoms with Crippen LogP contribution in [0.25, 0.3) is 0 Å². The van der Waals surface area contributed by atoms with E-state index in [-0.39, 0.29) is 5.91 Å². The molecule has 1 aromatic rings. The number of benzene rings is 1. The zero-order valence-electron chi connectivity index (χ0n) is 12.9. The first-order valence-corrected chi connectivity index (χ1v) is 6.77. The summed E-state index contributed by atoms with van der Waals surface area (Å²) < 4.78 is 11.3. The number of nitrogens with zero attached hydrogens (tertiary/aromatic N) is 1. The normalized spacial score (nSPS) is 11.8. The molecule has 1 rings (SSSR count). The van der Waals surface area contributed by atoms with E-state index in [4.69, 9.17) is 9.47 Å². The van der Waals surface area contributed by atoms with Gasteiger partial charge in [-0.2, -0.15) is 0 Å². The molecular formula is C15H24N2O3. The summed E-state index contributed by atoms with van der Waals surface area (Å²) in [5.74, 6) is 1.18. The maximum Gasteiger partial charge on any atom is 0.262 e. The van der Waals surface area contributed by atoms with Gasteiger partial charge in [0.1, 0.15) is 0 Å². The Hall–Kier alpha value is -1.75. The zero-order chi connectivity index (χ0) is 15.1. The quantitative estimate of drug-likeness (QED) is 0.825. The minimum atomic E-state index is -0.542. The first-order chi connectivity index (χ1) is 9.49. The van der Waals surface area contributed by atoms with E-state index in [1.54, 1.807) is 21.0 Å². The summed E-state index contributed by atoms with van der Waals surface area (Å²) in [5, 5.41) is 3.09. The van der Waals surface area contributed by atoms with Crippen LogP contribution in [0.15, 0.2) is 18.2 Å². The van der Waals surface area contributed by atoms with Crippen LogP contribution in [0.3, 0.4) is 0 Å². The van der Waals surface area contributed by atoms with Crippen molar-refractivity contribution in [3.63, 3.8) is 0 Å². The first kappa shape index (κ1) is 16.3. The summed E-state index contributed by atoms with van der Waals surface area (Å²) in [7, 11) is 5.31. The van der Waals surface area contributed by atoms with Crippen LogP contribution >= 0.6 is 0 Å². The van der Waals surface area contributed by atoms with Crippen LogP contribution in [0.2, 0.25) is 0 Å². The molecule has 0 heterocycles. The third kappa shape index (κ3) is 4.42. The number of nitrogens with one attached hydrogen (secondary N) is 1. The number of rotatable bonds is 7. The number of amides is 1. The molecule has 20 heavy (non-hydrogen) atoms. The van der Waals surface area contributed by atoms with Gasteiger partial charge in [-0.1, -0.05) is 6.07 Å². The molecule has 0 saturated heterocycles. The Balaban J connectivity index is 2.90. The van der Waals surface area contributed by atoms with Crippen molar-refractivity contribution in [1.29, 1.82) is 0 Å². The van der Waals surface area contributed by atoms with Crippen LogP contribution < -0.4 is 14.8 Å². The van der Waals surface area contributed by atoms with E-state index >= 15 is 0 Å². The van der Waals surface area contributed by atoms with Crippen molar-refractivity contribution < 1.29 is 14.3 Å². The highest BCUT2D eigenvalue weighted by Crippen LogP contribution is 2.29. The van der Waals surface area contributed by atoms with Crippen molar-refractivity contribution in [3.8, 4) is 11.5 Å². The van der Waals surface area contributed by atoms with Crippen molar-refractivity contribution >= 4 is 5.91 Å². The van der Waals surface area contributed by atoms with Gasteiger partial charge in [0.2, 0.25) is 0 Å². The average Bonchev–Trinajstić information content (AvgIpc) is 2.41. The smallest absolute Gasteiger partial charge is 0.262 e. The lowest BCUT2D eigenvalue weighted by molar-refractivity contribution is -0.135. The van der Waals surface area contributed by atoms with Gasteiger partial charge in [-0.15, -0.1) is 0 Å². The molecule has 0 aliphatic rings. The molecule has 1 amide bonds. The Bertz CT molecular complexity index is 447. The van der Waals surface area contributed by atoms with Crippen LogP contribution in [-0.2, 0) is 11.3 Å². The largest absolute Gasteiger partial charge is 0.490 e. The van der Waals surface area contributed by atoms with Crippen LogP contribution in [-0.4, -0.2) is 44.7 Å². The Kier molecular flexibility index (Phi) is 6.31. The van der Waals surface area contributed by atoms with Crippen molar-refractivity contribution in [2.45, 2.75) is 26.5 Å². The Morgan fingerprint density at radius 2 is 2.05 bits per heavy atom. The van der Waals surface area contributed by atoms with Crippen molar-refractivity contribution in [2.75, 3.05) is 27.7 Å². The molecular weight excluding hydrogens is 256 g/mol. The predicted molar refractivity (Wildman–Crippen MR) is 79.2 cm³/mol. The number of ether oxygens (including phenoxy) is 2. The summed E-state index contributed by atoms with van der Waals surface area (Å²) in [5.41, 5.74) is 1.11. The van der Waals surface area contributed by atoms with Crippen molar-refractivity contribution in [1.82, 2.24) is 10.2 Å². The van der Waals surface area contributed by atoms with Gasteiger partial charge in [0.05, 0.1) is 6.61 Å². The number of carbonyl (C=O) groups is 1. The third-order valence-electron chi connectivity index (χ3n) is 2.78. The molecule has 0 aliphatic carbocycles. The van der Waals surface area contributed by atoms with Gasteiger partial charge in [-0.3, -0.25) is 4.79 Å². The highest BCUT2D eigenvalue weighted by atomic mass is 16.5. The van der Waals surface area contributed by atoms with Crippen LogP contribution in [0, 0.1) is 0 Å². The van der Waals surface area contributed by atoms with Crippen LogP contribution in [0.5, 0.6) is 11.5 Å². The maximum absolute atomic E-state index is 11.8. The van der Waals surface area contributed by atoms with E-state index in [9.17, 15) is 4.79 Å². The van der Waals surface area contributed by atoms with Crippen molar-refractivity contribution in [2.24, 2.45) is 0 Å². The fraction of sp³-hybridized carbons (Fsp3) is 0.533. The Morgan fingerprint density at radius 3 is 2.60 bits per heavy atom. The zero-order valence-corrected chi connectivity index (χ0v) is 12.9. The minimum absolute atomic E-state index is 0.0771. The summed E-state index contributed by atoms with van der Waals surface area (Å²) >= 11 is 0. The fourth-order valence-electron chi connectivity index (χ4n) is 1.84. The van der Waals surface area contributed by atoms with Gasteiger partial charge in [-0.05, 0) is 38.6 Å². The van der Waals surface area contributed by atoms with E-state index in [1.165, 1.54) is 4.90 Å². The predicted octanol–water partition coefficient (Wildman–Crippen LogP) is 1.66. The molecule has 5 heteroatoms. The molecule has 0 aromatic heterocycles. The topological polar surface area (TPSA) is 50.8 Å². The van der Waals surface area contributed by atoms with Crippen LogP contribution in [0.4, 0.5) is 0 Å². The number of likely N-dealkylation sites (N-methyl/N-ethyl adjacent to an activating group) is 1. The molecule has 1 unspecified atom stereocenters. The molecule has 0 radical (unpaired) electrons. The second kappa shape index (κ2) is 7.75. The summed E-state index contributed by atoms with van der Waals surface area (Å²) in [4.78, 5) is 13.4. The minimum Gasteiger partial charge on any atom is -0.490 e. The van der Waals surface area contributed by atoms with Gasteiger partial charge in [0.15, 0.2) is 17.6 Å². The fourth-order valence-corrected chi connectivity index (χ4v) is 1.84. The molecule has 5 nitrogen and oxygen atoms in total. The molecule has 0 fully saturated rings. The van der Waals surface area contributed by atoms with E-state index < -0.39 is 6.10 Å². The number of hydrogen-bond acceptors (Lipinski definition) is 4. The van der Waals surface area contributed by atoms with Gasteiger partial charge in [0.25, 0.3) is 5.91 Å². The monoisotopic (exact) mass is 280 g/mol. The lowest BCUT2D eigenvalue weighted by atomic mass is 10.2. The molecule has 0 aliphatic heterocycles. The Labute approximate surface area is 120 Å². The van der Waals surface area contributed by atoms with Gasteiger partial charge in [0, 0.05) is 20.6 Å². The molecule has 1 atom stereocenters. The standard InChI is InChI=1S/C15H24N2O3/c1-6-19-14-9-12(10-16-3)7-8-13(14)20-11(2)15(18)17(4)5/h7-9,11,16H,6,10H2,1-5H3. The van der Waals surface area contributed by atoms with E-state index in [0.717, 1.165) is 12.1 Å². The van der Waals surface area contributed by atoms with Gasteiger partial charge >= 0.3 is 0 Å². The molecule has 112 valence electrons. The Morgan fingerprint density at radius 1 is 1.35 bits per heavy atom. The lowest BCUT2D eigenvalue weighted by Crippen LogP contribution is -2.35. The summed E-state index contributed by atoms with van der Waals surface area (Å²) in [6, 6.07) is 5.74.